The molecule has 1 aliphatic rings. The number of carbonyl (C=O) groups excluding carboxylic acids is 2. The molecular formula is C22H18F7N5O3. The highest BCUT2D eigenvalue weighted by atomic mass is 19.4. The zero-order valence-corrected chi connectivity index (χ0v) is 18.9. The molecule has 1 saturated carbocycles. The van der Waals surface area contributed by atoms with E-state index in [4.69, 9.17) is 4.74 Å². The number of ketones is 1. The molecule has 0 spiro atoms. The van der Waals surface area contributed by atoms with Crippen molar-refractivity contribution in [1.29, 1.82) is 0 Å². The van der Waals surface area contributed by atoms with E-state index in [1.54, 1.807) is 0 Å². The number of rotatable bonds is 9. The maximum absolute atomic E-state index is 13.6. The smallest absolute Gasteiger partial charge is 0.418 e. The molecule has 8 nitrogen and oxygen atoms in total. The van der Waals surface area contributed by atoms with Gasteiger partial charge in [0.05, 0.1) is 22.3 Å². The first-order valence-electron chi connectivity index (χ1n) is 10.7. The van der Waals surface area contributed by atoms with Crippen LogP contribution in [0.5, 0.6) is 5.88 Å². The lowest BCUT2D eigenvalue weighted by atomic mass is 10.1. The first kappa shape index (κ1) is 26.2. The molecular weight excluding hydrogens is 515 g/mol. The third-order valence-corrected chi connectivity index (χ3v) is 5.42. The van der Waals surface area contributed by atoms with Crippen molar-refractivity contribution in [2.24, 2.45) is 5.92 Å². The summed E-state index contributed by atoms with van der Waals surface area (Å²) >= 11 is 0. The Kier molecular flexibility index (Phi) is 6.73. The average Bonchev–Trinajstić information content (AvgIpc) is 3.26. The van der Waals surface area contributed by atoms with E-state index in [2.05, 4.69) is 25.6 Å². The molecule has 2 heterocycles. The lowest BCUT2D eigenvalue weighted by Crippen LogP contribution is -2.26. The lowest BCUT2D eigenvalue weighted by Gasteiger charge is -2.15. The fourth-order valence-corrected chi connectivity index (χ4v) is 3.48. The highest BCUT2D eigenvalue weighted by Gasteiger charge is 2.61. The normalized spacial score (nSPS) is 16.6. The predicted molar refractivity (Wildman–Crippen MR) is 115 cm³/mol. The van der Waals surface area contributed by atoms with Crippen molar-refractivity contribution in [3.63, 3.8) is 0 Å². The second-order valence-corrected chi connectivity index (χ2v) is 8.29. The zero-order valence-electron chi connectivity index (χ0n) is 18.9. The maximum Gasteiger partial charge on any atom is 0.418 e. The van der Waals surface area contributed by atoms with Gasteiger partial charge in [-0.3, -0.25) is 9.59 Å². The number of amides is 1. The van der Waals surface area contributed by atoms with Crippen molar-refractivity contribution in [3.05, 3.63) is 41.0 Å². The summed E-state index contributed by atoms with van der Waals surface area (Å²) in [4.78, 5) is 34.2. The second-order valence-electron chi connectivity index (χ2n) is 8.29. The number of ether oxygens (including phenoxy) is 1. The highest BCUT2D eigenvalue weighted by molar-refractivity contribution is 5.99. The van der Waals surface area contributed by atoms with Gasteiger partial charge in [0, 0.05) is 13.0 Å². The minimum Gasteiger partial charge on any atom is -0.471 e. The number of imidazole rings is 1. The van der Waals surface area contributed by atoms with Crippen molar-refractivity contribution < 1.29 is 45.1 Å². The van der Waals surface area contributed by atoms with Gasteiger partial charge in [0.25, 0.3) is 12.3 Å². The number of benzene rings is 1. The molecule has 1 aromatic carbocycles. The quantitative estimate of drug-likeness (QED) is 0.268. The van der Waals surface area contributed by atoms with Crippen molar-refractivity contribution in [3.8, 4) is 5.88 Å². The molecule has 2 aromatic heterocycles. The molecule has 1 unspecified atom stereocenters. The summed E-state index contributed by atoms with van der Waals surface area (Å²) in [5, 5.41) is 4.73. The van der Waals surface area contributed by atoms with Gasteiger partial charge in [-0.05, 0) is 30.7 Å². The number of halogens is 7. The first-order chi connectivity index (χ1) is 17.2. The zero-order chi connectivity index (χ0) is 27.1. The third kappa shape index (κ3) is 5.91. The number of Topliss-reactive ketones (excluding diaryl/α,β-unsaturated/α-hetero) is 1. The van der Waals surface area contributed by atoms with Crippen LogP contribution in [0.15, 0.2) is 24.3 Å². The number of nitrogens with one attached hydrogen (secondary N) is 3. The summed E-state index contributed by atoms with van der Waals surface area (Å²) in [5.41, 5.74) is -1.54. The molecule has 0 radical (unpaired) electrons. The highest BCUT2D eigenvalue weighted by Crippen LogP contribution is 2.48. The van der Waals surface area contributed by atoms with Crippen molar-refractivity contribution >= 4 is 34.5 Å². The van der Waals surface area contributed by atoms with Gasteiger partial charge in [-0.2, -0.15) is 23.1 Å². The number of hydrogen-bond acceptors (Lipinski definition) is 6. The van der Waals surface area contributed by atoms with E-state index >= 15 is 0 Å². The molecule has 1 fully saturated rings. The first-order valence-corrected chi connectivity index (χ1v) is 10.7. The van der Waals surface area contributed by atoms with Gasteiger partial charge in [0.15, 0.2) is 18.0 Å². The van der Waals surface area contributed by atoms with Gasteiger partial charge in [0.1, 0.15) is 5.92 Å². The molecule has 0 bridgehead atoms. The van der Waals surface area contributed by atoms with Crippen LogP contribution in [0.25, 0.3) is 11.2 Å². The number of fused-ring (bicyclic) bond motifs is 1. The summed E-state index contributed by atoms with van der Waals surface area (Å²) in [7, 11) is 0. The Morgan fingerprint density at radius 1 is 1.22 bits per heavy atom. The predicted octanol–water partition coefficient (Wildman–Crippen LogP) is 4.84. The molecule has 15 heteroatoms. The Hall–Kier alpha value is -3.91. The summed E-state index contributed by atoms with van der Waals surface area (Å²) in [6, 6.07) is 4.12. The SMILES string of the molecule is CC(=O)c1cc2[nH]c(Nc3cc(CNC(=O)C4CC4(F)F)ccc3C(F)(F)F)nc2nc1OCC(F)F. The van der Waals surface area contributed by atoms with Gasteiger partial charge in [-0.15, -0.1) is 0 Å². The maximum atomic E-state index is 13.6. The molecule has 1 atom stereocenters. The summed E-state index contributed by atoms with van der Waals surface area (Å²) in [6.07, 6.45) is -8.21. The summed E-state index contributed by atoms with van der Waals surface area (Å²) in [6.45, 7) is -0.185. The van der Waals surface area contributed by atoms with E-state index < -0.39 is 66.3 Å². The monoisotopic (exact) mass is 533 g/mol. The van der Waals surface area contributed by atoms with Gasteiger partial charge >= 0.3 is 6.18 Å². The van der Waals surface area contributed by atoms with E-state index in [-0.39, 0.29) is 34.8 Å². The minimum absolute atomic E-state index is 0.111. The summed E-state index contributed by atoms with van der Waals surface area (Å²) < 4.78 is 96.8. The van der Waals surface area contributed by atoms with E-state index in [1.807, 2.05) is 0 Å². The van der Waals surface area contributed by atoms with Crippen LogP contribution in [0.4, 0.5) is 42.4 Å². The van der Waals surface area contributed by atoms with Gasteiger partial charge in [0.2, 0.25) is 17.7 Å². The molecule has 4 rings (SSSR count). The number of pyridine rings is 1. The molecule has 37 heavy (non-hydrogen) atoms. The minimum atomic E-state index is -4.79. The topological polar surface area (TPSA) is 109 Å². The molecule has 198 valence electrons. The van der Waals surface area contributed by atoms with Crippen LogP contribution in [-0.4, -0.2) is 45.6 Å². The van der Waals surface area contributed by atoms with Crippen LogP contribution < -0.4 is 15.4 Å². The third-order valence-electron chi connectivity index (χ3n) is 5.42. The number of carbonyl (C=O) groups is 2. The van der Waals surface area contributed by atoms with Gasteiger partial charge in [-0.1, -0.05) is 6.07 Å². The van der Waals surface area contributed by atoms with Crippen LogP contribution in [0.1, 0.15) is 34.8 Å². The van der Waals surface area contributed by atoms with E-state index in [9.17, 15) is 40.3 Å². The molecule has 0 saturated heterocycles. The van der Waals surface area contributed by atoms with Crippen LogP contribution in [0.2, 0.25) is 0 Å². The number of hydrogen-bond donors (Lipinski definition) is 3. The van der Waals surface area contributed by atoms with Gasteiger partial charge < -0.3 is 20.4 Å². The number of aromatic nitrogens is 3. The van der Waals surface area contributed by atoms with Crippen molar-refractivity contribution in [2.45, 2.75) is 38.4 Å². The molecule has 1 amide bonds. The van der Waals surface area contributed by atoms with Crippen molar-refractivity contribution in [1.82, 2.24) is 20.3 Å². The Labute approximate surface area is 203 Å². The Morgan fingerprint density at radius 2 is 1.92 bits per heavy atom. The van der Waals surface area contributed by atoms with Gasteiger partial charge in [-0.25, -0.2) is 17.6 Å². The Bertz CT molecular complexity index is 1360. The molecule has 3 N–H and O–H groups in total. The van der Waals surface area contributed by atoms with Crippen LogP contribution in [0.3, 0.4) is 0 Å². The van der Waals surface area contributed by atoms with E-state index in [1.165, 1.54) is 6.07 Å². The standard InChI is InChI=1S/C22H18F7N5O3/c1-9(35)11-5-15-17(33-19(11)37-8-16(23)24)34-20(32-15)31-14-4-10(2-3-12(14)22(27,28)29)7-30-18(36)13-6-21(13,25)26/h2-5,13,16H,6-8H2,1H3,(H,30,36)(H2,31,32,33,34). The van der Waals surface area contributed by atoms with Crippen molar-refractivity contribution in [2.75, 3.05) is 11.9 Å². The molecule has 3 aromatic rings. The van der Waals surface area contributed by atoms with Crippen LogP contribution >= 0.6 is 0 Å². The molecule has 0 aliphatic heterocycles. The number of nitrogens with zero attached hydrogens (tertiary/aromatic N) is 2. The van der Waals surface area contributed by atoms with Crippen LogP contribution in [0, 0.1) is 5.92 Å². The fraction of sp³-hybridized carbons (Fsp3) is 0.364. The van der Waals surface area contributed by atoms with E-state index in [0.29, 0.717) is 0 Å². The fourth-order valence-electron chi connectivity index (χ4n) is 3.48. The number of anilines is 2. The Balaban J connectivity index is 1.60. The second kappa shape index (κ2) is 9.52. The largest absolute Gasteiger partial charge is 0.471 e. The molecule has 1 aliphatic carbocycles. The average molecular weight is 533 g/mol. The summed E-state index contributed by atoms with van der Waals surface area (Å²) in [5.74, 6) is -6.65. The number of aromatic amines is 1. The number of alkyl halides is 7. The van der Waals surface area contributed by atoms with E-state index in [0.717, 1.165) is 25.1 Å². The lowest BCUT2D eigenvalue weighted by molar-refractivity contribution is -0.137. The Morgan fingerprint density at radius 3 is 2.51 bits per heavy atom. The van der Waals surface area contributed by atoms with Crippen LogP contribution in [-0.2, 0) is 17.5 Å². The number of H-pyrrole nitrogens is 1.